The van der Waals surface area contributed by atoms with Crippen LogP contribution in [0.3, 0.4) is 0 Å². The second-order valence-corrected chi connectivity index (χ2v) is 6.37. The number of hydrogen-bond donors (Lipinski definition) is 0. The molecule has 2 atom stereocenters. The van der Waals surface area contributed by atoms with Crippen LogP contribution in [0.2, 0.25) is 0 Å². The summed E-state index contributed by atoms with van der Waals surface area (Å²) in [5.41, 5.74) is 2.01. The highest BCUT2D eigenvalue weighted by Crippen LogP contribution is 2.34. The molecule has 4 rings (SSSR count). The van der Waals surface area contributed by atoms with E-state index in [1.54, 1.807) is 6.20 Å². The molecule has 0 aromatic carbocycles. The van der Waals surface area contributed by atoms with Crippen molar-refractivity contribution in [2.75, 3.05) is 31.2 Å². The molecule has 5 heteroatoms. The average molecular weight is 299 g/mol. The number of ether oxygens (including phenoxy) is 2. The van der Waals surface area contributed by atoms with Gasteiger partial charge in [-0.15, -0.1) is 0 Å². The zero-order valence-corrected chi connectivity index (χ0v) is 12.9. The highest BCUT2D eigenvalue weighted by molar-refractivity contribution is 5.90. The molecule has 2 aromatic rings. The number of aromatic nitrogens is 2. The van der Waals surface area contributed by atoms with Gasteiger partial charge in [-0.2, -0.15) is 0 Å². The molecule has 0 radical (unpaired) electrons. The average Bonchev–Trinajstić information content (AvgIpc) is 2.54. The number of hydrogen-bond acceptors (Lipinski definition) is 5. The van der Waals surface area contributed by atoms with E-state index in [9.17, 15) is 0 Å². The lowest BCUT2D eigenvalue weighted by molar-refractivity contribution is -0.160. The van der Waals surface area contributed by atoms with Crippen LogP contribution < -0.4 is 4.90 Å². The largest absolute Gasteiger partial charge is 0.378 e. The first kappa shape index (κ1) is 13.9. The van der Waals surface area contributed by atoms with Crippen molar-refractivity contribution in [2.45, 2.75) is 31.5 Å². The second kappa shape index (κ2) is 5.48. The smallest absolute Gasteiger partial charge is 0.109 e. The molecule has 0 amide bonds. The zero-order valence-electron chi connectivity index (χ0n) is 12.9. The minimum atomic E-state index is -0.173. The maximum absolute atomic E-state index is 6.28. The first-order valence-corrected chi connectivity index (χ1v) is 7.95. The van der Waals surface area contributed by atoms with Gasteiger partial charge in [0.05, 0.1) is 18.2 Å². The normalized spacial score (nSPS) is 29.1. The Morgan fingerprint density at radius 1 is 1.32 bits per heavy atom. The topological polar surface area (TPSA) is 47.5 Å². The number of morpholine rings is 1. The molecular formula is C17H21N3O2. The molecule has 2 aliphatic heterocycles. The number of pyridine rings is 2. The summed E-state index contributed by atoms with van der Waals surface area (Å²) in [5.74, 6) is 0. The molecule has 0 unspecified atom stereocenters. The van der Waals surface area contributed by atoms with E-state index in [4.69, 9.17) is 9.47 Å². The van der Waals surface area contributed by atoms with Crippen LogP contribution in [0.15, 0.2) is 30.7 Å². The van der Waals surface area contributed by atoms with Crippen LogP contribution in [0.4, 0.5) is 5.69 Å². The summed E-state index contributed by atoms with van der Waals surface area (Å²) in [6, 6.07) is 4.04. The predicted molar refractivity (Wildman–Crippen MR) is 85.1 cm³/mol. The molecule has 2 saturated heterocycles. The van der Waals surface area contributed by atoms with Crippen molar-refractivity contribution >= 4 is 16.6 Å². The van der Waals surface area contributed by atoms with E-state index in [1.165, 1.54) is 5.69 Å². The van der Waals surface area contributed by atoms with Crippen molar-refractivity contribution in [3.8, 4) is 0 Å². The minimum Gasteiger partial charge on any atom is -0.378 e. The molecule has 0 N–H and O–H groups in total. The third-order valence-electron chi connectivity index (χ3n) is 4.55. The Bertz CT molecular complexity index is 665. The van der Waals surface area contributed by atoms with Gasteiger partial charge in [-0.25, -0.2) is 0 Å². The predicted octanol–water partition coefficient (Wildman–Crippen LogP) is 2.40. The highest BCUT2D eigenvalue weighted by Gasteiger charge is 2.41. The van der Waals surface area contributed by atoms with E-state index in [0.717, 1.165) is 43.4 Å². The van der Waals surface area contributed by atoms with Crippen molar-refractivity contribution in [3.63, 3.8) is 0 Å². The molecule has 0 bridgehead atoms. The summed E-state index contributed by atoms with van der Waals surface area (Å²) in [4.78, 5) is 11.1. The van der Waals surface area contributed by atoms with Gasteiger partial charge in [0.2, 0.25) is 0 Å². The van der Waals surface area contributed by atoms with Crippen LogP contribution in [0, 0.1) is 0 Å². The lowest BCUT2D eigenvalue weighted by Gasteiger charge is -2.48. The number of anilines is 1. The first-order valence-electron chi connectivity index (χ1n) is 7.95. The van der Waals surface area contributed by atoms with Crippen LogP contribution in [0.1, 0.15) is 19.8 Å². The van der Waals surface area contributed by atoms with Crippen molar-refractivity contribution < 1.29 is 9.47 Å². The summed E-state index contributed by atoms with van der Waals surface area (Å²) < 4.78 is 12.0. The van der Waals surface area contributed by atoms with Gasteiger partial charge in [0, 0.05) is 49.4 Å². The van der Waals surface area contributed by atoms with Gasteiger partial charge in [-0.3, -0.25) is 9.97 Å². The Labute approximate surface area is 130 Å². The van der Waals surface area contributed by atoms with Gasteiger partial charge in [-0.05, 0) is 31.9 Å². The molecule has 116 valence electrons. The number of rotatable bonds is 1. The fraction of sp³-hybridized carbons (Fsp3) is 0.529. The van der Waals surface area contributed by atoms with E-state index < -0.39 is 0 Å². The molecule has 5 nitrogen and oxygen atoms in total. The van der Waals surface area contributed by atoms with E-state index in [0.29, 0.717) is 6.61 Å². The molecule has 2 aromatic heterocycles. The molecule has 2 aliphatic rings. The monoisotopic (exact) mass is 299 g/mol. The van der Waals surface area contributed by atoms with Gasteiger partial charge < -0.3 is 14.4 Å². The second-order valence-electron chi connectivity index (χ2n) is 6.37. The Morgan fingerprint density at radius 3 is 3.14 bits per heavy atom. The molecule has 0 aliphatic carbocycles. The van der Waals surface area contributed by atoms with Gasteiger partial charge in [0.1, 0.15) is 5.60 Å². The summed E-state index contributed by atoms with van der Waals surface area (Å²) in [7, 11) is 0. The van der Waals surface area contributed by atoms with Crippen LogP contribution in [0.25, 0.3) is 10.9 Å². The maximum Gasteiger partial charge on any atom is 0.109 e. The van der Waals surface area contributed by atoms with E-state index in [1.807, 2.05) is 18.5 Å². The Balaban J connectivity index is 1.71. The standard InChI is InChI=1S/C17H21N3O2/c1-13-10-20(11-17(22-13)5-2-8-21-12-17)16-4-7-19-15-3-6-18-9-14(15)16/h3-4,6-7,9,13H,2,5,8,10-12H2,1H3/t13-,17-/m1/s1. The maximum atomic E-state index is 6.28. The molecule has 4 heterocycles. The van der Waals surface area contributed by atoms with Gasteiger partial charge in [-0.1, -0.05) is 0 Å². The Morgan fingerprint density at radius 2 is 2.27 bits per heavy atom. The van der Waals surface area contributed by atoms with Crippen molar-refractivity contribution in [2.24, 2.45) is 0 Å². The SMILES string of the molecule is C[C@@H]1CN(c2ccnc3ccncc23)C[C@@]2(CCCOC2)O1. The lowest BCUT2D eigenvalue weighted by Crippen LogP contribution is -2.58. The van der Waals surface area contributed by atoms with Crippen LogP contribution in [-0.2, 0) is 9.47 Å². The molecule has 22 heavy (non-hydrogen) atoms. The van der Waals surface area contributed by atoms with E-state index in [2.05, 4.69) is 27.9 Å². The molecule has 0 saturated carbocycles. The number of fused-ring (bicyclic) bond motifs is 1. The van der Waals surface area contributed by atoms with Crippen LogP contribution in [-0.4, -0.2) is 48.0 Å². The first-order chi connectivity index (χ1) is 10.8. The molecule has 1 spiro atoms. The van der Waals surface area contributed by atoms with Gasteiger partial charge in [0.25, 0.3) is 0 Å². The third-order valence-corrected chi connectivity index (χ3v) is 4.55. The van der Waals surface area contributed by atoms with Crippen molar-refractivity contribution in [1.82, 2.24) is 9.97 Å². The summed E-state index contributed by atoms with van der Waals surface area (Å²) in [6.07, 6.45) is 7.89. The van der Waals surface area contributed by atoms with E-state index >= 15 is 0 Å². The van der Waals surface area contributed by atoms with Crippen LogP contribution in [0.5, 0.6) is 0 Å². The third kappa shape index (κ3) is 2.44. The Kier molecular flexibility index (Phi) is 3.47. The minimum absolute atomic E-state index is 0.173. The van der Waals surface area contributed by atoms with Crippen molar-refractivity contribution in [1.29, 1.82) is 0 Å². The fourth-order valence-electron chi connectivity index (χ4n) is 3.70. The van der Waals surface area contributed by atoms with E-state index in [-0.39, 0.29) is 11.7 Å². The quantitative estimate of drug-likeness (QED) is 0.809. The van der Waals surface area contributed by atoms with Crippen LogP contribution >= 0.6 is 0 Å². The summed E-state index contributed by atoms with van der Waals surface area (Å²) >= 11 is 0. The number of nitrogens with zero attached hydrogens (tertiary/aromatic N) is 3. The summed E-state index contributed by atoms with van der Waals surface area (Å²) in [5, 5.41) is 1.10. The van der Waals surface area contributed by atoms with Gasteiger partial charge >= 0.3 is 0 Å². The zero-order chi connectivity index (χ0) is 15.0. The lowest BCUT2D eigenvalue weighted by atomic mass is 9.93. The molecular weight excluding hydrogens is 278 g/mol. The fourth-order valence-corrected chi connectivity index (χ4v) is 3.70. The highest BCUT2D eigenvalue weighted by atomic mass is 16.6. The van der Waals surface area contributed by atoms with Gasteiger partial charge in [0.15, 0.2) is 0 Å². The Hall–Kier alpha value is -1.72. The van der Waals surface area contributed by atoms with Crippen molar-refractivity contribution in [3.05, 3.63) is 30.7 Å². The molecule has 2 fully saturated rings. The summed E-state index contributed by atoms with van der Waals surface area (Å²) in [6.45, 7) is 5.43.